The van der Waals surface area contributed by atoms with Gasteiger partial charge in [-0.3, -0.25) is 0 Å². The second-order valence-electron chi connectivity index (χ2n) is 6.89. The number of nitrogens with one attached hydrogen (secondary N) is 2. The van der Waals surface area contributed by atoms with Crippen LogP contribution in [0.25, 0.3) is 0 Å². The van der Waals surface area contributed by atoms with Gasteiger partial charge in [-0.2, -0.15) is 0 Å². The molecule has 0 aromatic heterocycles. The lowest BCUT2D eigenvalue weighted by atomic mass is 9.53. The molecule has 112 valence electrons. The van der Waals surface area contributed by atoms with Crippen LogP contribution in [0.2, 0.25) is 0 Å². The Labute approximate surface area is 117 Å². The minimum absolute atomic E-state index is 0.0903. The Morgan fingerprint density at radius 2 is 1.60 bits per heavy atom. The zero-order valence-corrected chi connectivity index (χ0v) is 11.5. The van der Waals surface area contributed by atoms with Crippen LogP contribution in [0.5, 0.6) is 0 Å². The Morgan fingerprint density at radius 3 is 2.05 bits per heavy atom. The number of hydrogen-bond acceptors (Lipinski definition) is 3. The molecule has 1 atom stereocenters. The molecule has 4 rings (SSSR count). The second kappa shape index (κ2) is 4.91. The van der Waals surface area contributed by atoms with Gasteiger partial charge in [0.25, 0.3) is 0 Å². The second-order valence-corrected chi connectivity index (χ2v) is 6.89. The van der Waals surface area contributed by atoms with Crippen molar-refractivity contribution in [1.29, 1.82) is 0 Å². The van der Waals surface area contributed by atoms with E-state index in [1.165, 1.54) is 19.3 Å². The van der Waals surface area contributed by atoms with Crippen molar-refractivity contribution in [3.8, 4) is 0 Å². The summed E-state index contributed by atoms with van der Waals surface area (Å²) < 4.78 is 0. The molecule has 0 aliphatic heterocycles. The Hall–Kier alpha value is -1.30. The van der Waals surface area contributed by atoms with Gasteiger partial charge in [0.15, 0.2) is 6.10 Å². The normalized spacial score (nSPS) is 39.4. The molecular weight excluding hydrogens is 260 g/mol. The van der Waals surface area contributed by atoms with Crippen molar-refractivity contribution in [1.82, 2.24) is 10.6 Å². The fourth-order valence-electron chi connectivity index (χ4n) is 4.83. The van der Waals surface area contributed by atoms with E-state index in [0.717, 1.165) is 37.0 Å². The number of amides is 2. The summed E-state index contributed by atoms with van der Waals surface area (Å²) in [6.45, 7) is -0.256. The minimum atomic E-state index is -1.54. The first-order chi connectivity index (χ1) is 9.46. The lowest BCUT2D eigenvalue weighted by Gasteiger charge is -2.56. The zero-order chi connectivity index (χ0) is 14.3. The number of rotatable bonds is 4. The van der Waals surface area contributed by atoms with Crippen molar-refractivity contribution in [2.75, 3.05) is 6.54 Å². The number of aliphatic carboxylic acids is 1. The third kappa shape index (κ3) is 2.61. The highest BCUT2D eigenvalue weighted by Crippen LogP contribution is 2.55. The molecule has 4 fully saturated rings. The Morgan fingerprint density at radius 1 is 1.10 bits per heavy atom. The number of carbonyl (C=O) groups excluding carboxylic acids is 1. The standard InChI is InChI=1S/C14H22N2O4/c17-11(12(18)19)7-15-13(20)16-14-4-8-1-9(5-14)3-10(2-8)6-14/h8-11,17H,1-7H2,(H,18,19)(H2,15,16,20)/t8?,9?,10?,11-,14?/m0/s1. The molecule has 4 aliphatic carbocycles. The lowest BCUT2D eigenvalue weighted by Crippen LogP contribution is -2.61. The number of aliphatic hydroxyl groups is 1. The predicted molar refractivity (Wildman–Crippen MR) is 71.1 cm³/mol. The molecule has 0 unspecified atom stereocenters. The summed E-state index contributed by atoms with van der Waals surface area (Å²) >= 11 is 0. The van der Waals surface area contributed by atoms with Crippen molar-refractivity contribution in [2.24, 2.45) is 17.8 Å². The van der Waals surface area contributed by atoms with Gasteiger partial charge in [-0.05, 0) is 56.3 Å². The summed E-state index contributed by atoms with van der Waals surface area (Å²) in [5.41, 5.74) is -0.0903. The monoisotopic (exact) mass is 282 g/mol. The van der Waals surface area contributed by atoms with Gasteiger partial charge in [-0.1, -0.05) is 0 Å². The molecule has 20 heavy (non-hydrogen) atoms. The highest BCUT2D eigenvalue weighted by atomic mass is 16.4. The molecule has 0 spiro atoms. The summed E-state index contributed by atoms with van der Waals surface area (Å²) in [7, 11) is 0. The quantitative estimate of drug-likeness (QED) is 0.610. The van der Waals surface area contributed by atoms with Gasteiger partial charge in [0.05, 0.1) is 6.54 Å². The third-order valence-corrected chi connectivity index (χ3v) is 5.16. The van der Waals surface area contributed by atoms with Crippen LogP contribution in [-0.4, -0.2) is 40.4 Å². The minimum Gasteiger partial charge on any atom is -0.479 e. The van der Waals surface area contributed by atoms with E-state index in [-0.39, 0.29) is 18.1 Å². The lowest BCUT2D eigenvalue weighted by molar-refractivity contribution is -0.146. The van der Waals surface area contributed by atoms with E-state index in [0.29, 0.717) is 0 Å². The van der Waals surface area contributed by atoms with Crippen LogP contribution in [0.15, 0.2) is 0 Å². The molecule has 0 radical (unpaired) electrons. The van der Waals surface area contributed by atoms with Crippen LogP contribution >= 0.6 is 0 Å². The van der Waals surface area contributed by atoms with Crippen molar-refractivity contribution < 1.29 is 19.8 Å². The molecule has 0 aromatic carbocycles. The fraction of sp³-hybridized carbons (Fsp3) is 0.857. The number of urea groups is 1. The first-order valence-corrected chi connectivity index (χ1v) is 7.43. The largest absolute Gasteiger partial charge is 0.479 e. The van der Waals surface area contributed by atoms with Crippen molar-refractivity contribution in [3.63, 3.8) is 0 Å². The molecule has 4 aliphatic rings. The van der Waals surface area contributed by atoms with Crippen LogP contribution in [-0.2, 0) is 4.79 Å². The van der Waals surface area contributed by atoms with E-state index < -0.39 is 12.1 Å². The van der Waals surface area contributed by atoms with Crippen LogP contribution in [0.4, 0.5) is 4.79 Å². The van der Waals surface area contributed by atoms with E-state index in [9.17, 15) is 9.59 Å². The SMILES string of the molecule is O=C(NC[C@H](O)C(=O)O)NC12CC3CC(CC(C3)C1)C2. The topological polar surface area (TPSA) is 98.7 Å². The van der Waals surface area contributed by atoms with E-state index in [2.05, 4.69) is 10.6 Å². The van der Waals surface area contributed by atoms with Crippen molar-refractivity contribution in [2.45, 2.75) is 50.2 Å². The number of carbonyl (C=O) groups is 2. The van der Waals surface area contributed by atoms with E-state index >= 15 is 0 Å². The molecule has 2 amide bonds. The van der Waals surface area contributed by atoms with Crippen LogP contribution < -0.4 is 10.6 Å². The van der Waals surface area contributed by atoms with E-state index in [4.69, 9.17) is 10.2 Å². The molecule has 0 saturated heterocycles. The van der Waals surface area contributed by atoms with Gasteiger partial charge in [-0.25, -0.2) is 9.59 Å². The average molecular weight is 282 g/mol. The molecule has 4 N–H and O–H groups in total. The molecule has 0 aromatic rings. The summed E-state index contributed by atoms with van der Waals surface area (Å²) in [6, 6.07) is -0.354. The summed E-state index contributed by atoms with van der Waals surface area (Å²) in [5, 5.41) is 23.3. The van der Waals surface area contributed by atoms with Gasteiger partial charge >= 0.3 is 12.0 Å². The summed E-state index contributed by atoms with van der Waals surface area (Å²) in [4.78, 5) is 22.4. The zero-order valence-electron chi connectivity index (χ0n) is 11.5. The maximum Gasteiger partial charge on any atom is 0.334 e. The van der Waals surface area contributed by atoms with E-state index in [1.54, 1.807) is 0 Å². The highest BCUT2D eigenvalue weighted by molar-refractivity contribution is 5.77. The van der Waals surface area contributed by atoms with Crippen molar-refractivity contribution in [3.05, 3.63) is 0 Å². The van der Waals surface area contributed by atoms with Crippen LogP contribution in [0.1, 0.15) is 38.5 Å². The number of carboxylic acids is 1. The maximum atomic E-state index is 11.9. The Bertz CT molecular complexity index is 388. The number of carboxylic acid groups (broad SMARTS) is 1. The van der Waals surface area contributed by atoms with Gasteiger partial charge in [0, 0.05) is 5.54 Å². The predicted octanol–water partition coefficient (Wildman–Crippen LogP) is 0.700. The van der Waals surface area contributed by atoms with Gasteiger partial charge in [0.2, 0.25) is 0 Å². The molecule has 4 bridgehead atoms. The molecule has 6 heteroatoms. The highest BCUT2D eigenvalue weighted by Gasteiger charge is 2.51. The van der Waals surface area contributed by atoms with Gasteiger partial charge < -0.3 is 20.8 Å². The smallest absolute Gasteiger partial charge is 0.334 e. The van der Waals surface area contributed by atoms with Crippen LogP contribution in [0.3, 0.4) is 0 Å². The van der Waals surface area contributed by atoms with Crippen molar-refractivity contribution >= 4 is 12.0 Å². The first kappa shape index (κ1) is 13.7. The maximum absolute atomic E-state index is 11.9. The molecule has 4 saturated carbocycles. The third-order valence-electron chi connectivity index (χ3n) is 5.16. The summed E-state index contributed by atoms with van der Waals surface area (Å²) in [5.74, 6) is 0.906. The molecular formula is C14H22N2O4. The van der Waals surface area contributed by atoms with Crippen LogP contribution in [0, 0.1) is 17.8 Å². The number of hydrogen-bond donors (Lipinski definition) is 4. The Kier molecular flexibility index (Phi) is 3.36. The molecule has 6 nitrogen and oxygen atoms in total. The molecule has 0 heterocycles. The van der Waals surface area contributed by atoms with Gasteiger partial charge in [0.1, 0.15) is 0 Å². The summed E-state index contributed by atoms with van der Waals surface area (Å²) in [6.07, 6.45) is 5.52. The number of aliphatic hydroxyl groups excluding tert-OH is 1. The fourth-order valence-corrected chi connectivity index (χ4v) is 4.83. The van der Waals surface area contributed by atoms with Gasteiger partial charge in [-0.15, -0.1) is 0 Å². The average Bonchev–Trinajstić information content (AvgIpc) is 2.33. The van der Waals surface area contributed by atoms with E-state index in [1.807, 2.05) is 0 Å². The first-order valence-electron chi connectivity index (χ1n) is 7.43. The Balaban J connectivity index is 1.55.